The van der Waals surface area contributed by atoms with Gasteiger partial charge in [0.15, 0.2) is 11.6 Å². The molecule has 0 unspecified atom stereocenters. The highest BCUT2D eigenvalue weighted by Crippen LogP contribution is 2.34. The molecule has 3 heterocycles. The molecule has 2 N–H and O–H groups in total. The quantitative estimate of drug-likeness (QED) is 0.519. The van der Waals surface area contributed by atoms with Crippen LogP contribution in [-0.2, 0) is 13.0 Å². The first-order valence-electron chi connectivity index (χ1n) is 9.11. The molecule has 28 heavy (non-hydrogen) atoms. The zero-order valence-corrected chi connectivity index (χ0v) is 15.9. The first-order valence-corrected chi connectivity index (χ1v) is 9.11. The predicted octanol–water partition coefficient (Wildman–Crippen LogP) is 4.05. The van der Waals surface area contributed by atoms with E-state index in [1.807, 2.05) is 31.3 Å². The fourth-order valence-corrected chi connectivity index (χ4v) is 3.37. The van der Waals surface area contributed by atoms with Crippen molar-refractivity contribution in [1.82, 2.24) is 20.3 Å². The monoisotopic (exact) mass is 379 g/mol. The van der Waals surface area contributed by atoms with Crippen LogP contribution in [0.3, 0.4) is 0 Å². The van der Waals surface area contributed by atoms with E-state index in [4.69, 9.17) is 4.74 Å². The molecule has 6 nitrogen and oxygen atoms in total. The number of benzene rings is 1. The van der Waals surface area contributed by atoms with Gasteiger partial charge in [-0.05, 0) is 54.8 Å². The molecule has 0 atom stereocenters. The average Bonchev–Trinajstić information content (AvgIpc) is 3.15. The van der Waals surface area contributed by atoms with Crippen molar-refractivity contribution >= 4 is 23.3 Å². The van der Waals surface area contributed by atoms with Gasteiger partial charge in [0, 0.05) is 32.2 Å². The van der Waals surface area contributed by atoms with Gasteiger partial charge in [0.1, 0.15) is 11.4 Å². The Morgan fingerprint density at radius 2 is 2.21 bits per heavy atom. The maximum absolute atomic E-state index is 14.6. The molecule has 0 bridgehead atoms. The third-order valence-corrected chi connectivity index (χ3v) is 4.88. The minimum atomic E-state index is -0.500. The molecule has 1 aliphatic heterocycles. The lowest BCUT2D eigenvalue weighted by atomic mass is 10.0. The third kappa shape index (κ3) is 3.48. The van der Waals surface area contributed by atoms with Crippen molar-refractivity contribution in [3.8, 4) is 11.5 Å². The summed E-state index contributed by atoms with van der Waals surface area (Å²) in [5.41, 5.74) is 4.77. The van der Waals surface area contributed by atoms with Crippen LogP contribution in [-0.4, -0.2) is 35.3 Å². The molecule has 7 heteroatoms. The topological polar surface area (TPSA) is 65.5 Å². The molecule has 1 aliphatic rings. The van der Waals surface area contributed by atoms with Crippen LogP contribution in [0.1, 0.15) is 23.7 Å². The number of H-pyrrole nitrogens is 1. The minimum Gasteiger partial charge on any atom is -0.453 e. The molecule has 3 aromatic rings. The van der Waals surface area contributed by atoms with E-state index in [0.29, 0.717) is 16.8 Å². The van der Waals surface area contributed by atoms with E-state index in [9.17, 15) is 4.39 Å². The van der Waals surface area contributed by atoms with Crippen molar-refractivity contribution in [3.05, 3.63) is 59.3 Å². The highest BCUT2D eigenvalue weighted by molar-refractivity contribution is 5.87. The summed E-state index contributed by atoms with van der Waals surface area (Å²) in [5, 5.41) is 9.36. The van der Waals surface area contributed by atoms with Crippen LogP contribution >= 0.6 is 0 Å². The third-order valence-electron chi connectivity index (χ3n) is 4.88. The largest absolute Gasteiger partial charge is 0.453 e. The summed E-state index contributed by atoms with van der Waals surface area (Å²) in [6.07, 6.45) is 3.99. The van der Waals surface area contributed by atoms with Crippen molar-refractivity contribution in [2.45, 2.75) is 19.9 Å². The fourth-order valence-electron chi connectivity index (χ4n) is 3.37. The second kappa shape index (κ2) is 7.44. The van der Waals surface area contributed by atoms with Crippen LogP contribution in [0.15, 0.2) is 41.8 Å². The van der Waals surface area contributed by atoms with E-state index in [-0.39, 0.29) is 5.75 Å². The molecule has 0 fully saturated rings. The molecule has 144 valence electrons. The number of hydrazone groups is 1. The van der Waals surface area contributed by atoms with E-state index in [1.165, 1.54) is 17.3 Å². The summed E-state index contributed by atoms with van der Waals surface area (Å²) in [5.74, 6) is 0.277. The van der Waals surface area contributed by atoms with Gasteiger partial charge in [0.05, 0.1) is 11.6 Å². The molecule has 0 saturated heterocycles. The molecule has 0 spiro atoms. The fraction of sp³-hybridized carbons (Fsp3) is 0.238. The number of pyridine rings is 1. The Hall–Kier alpha value is -3.19. The standard InChI is InChI=1S/C21H22FN5O/c1-13(12-27(3)23-2)19-9-17-20(18(22)11-25-21(17)26-19)28-16-5-4-14-6-7-24-10-15(14)8-16/h4-5,8-9,11-12,24H,2,6-7,10H2,1,3H3,(H,25,26)/b13-12+. The number of ether oxygens (including phenoxy) is 1. The smallest absolute Gasteiger partial charge is 0.184 e. The Labute approximate surface area is 162 Å². The highest BCUT2D eigenvalue weighted by Gasteiger charge is 2.16. The molecule has 4 rings (SSSR count). The van der Waals surface area contributed by atoms with Crippen LogP contribution in [0.2, 0.25) is 0 Å². The van der Waals surface area contributed by atoms with Gasteiger partial charge in [-0.25, -0.2) is 9.37 Å². The molecule has 0 saturated carbocycles. The Bertz CT molecular complexity index is 1070. The van der Waals surface area contributed by atoms with Crippen molar-refractivity contribution in [2.75, 3.05) is 13.6 Å². The number of aromatic nitrogens is 2. The number of aromatic amines is 1. The maximum atomic E-state index is 14.6. The van der Waals surface area contributed by atoms with Crippen molar-refractivity contribution in [2.24, 2.45) is 5.10 Å². The minimum absolute atomic E-state index is 0.166. The summed E-state index contributed by atoms with van der Waals surface area (Å²) in [4.78, 5) is 7.36. The number of fused-ring (bicyclic) bond motifs is 2. The SMILES string of the molecule is C=NN(C)/C=C(\C)c1cc2c(Oc3ccc4c(c3)CNCC4)c(F)cnc2[nH]1. The van der Waals surface area contributed by atoms with Gasteiger partial charge >= 0.3 is 0 Å². The second-order valence-electron chi connectivity index (χ2n) is 6.87. The van der Waals surface area contributed by atoms with Crippen LogP contribution in [0.4, 0.5) is 4.39 Å². The number of nitrogens with one attached hydrogen (secondary N) is 2. The maximum Gasteiger partial charge on any atom is 0.184 e. The van der Waals surface area contributed by atoms with Gasteiger partial charge in [-0.3, -0.25) is 5.01 Å². The molecule has 2 aromatic heterocycles. The van der Waals surface area contributed by atoms with Gasteiger partial charge in [0.2, 0.25) is 0 Å². The average molecular weight is 379 g/mol. The van der Waals surface area contributed by atoms with E-state index in [1.54, 1.807) is 12.1 Å². The summed E-state index contributed by atoms with van der Waals surface area (Å²) < 4.78 is 20.5. The Balaban J connectivity index is 1.71. The number of hydrogen-bond acceptors (Lipinski definition) is 5. The second-order valence-corrected chi connectivity index (χ2v) is 6.87. The number of hydrogen-bond donors (Lipinski definition) is 2. The van der Waals surface area contributed by atoms with Gasteiger partial charge in [-0.1, -0.05) is 6.07 Å². The number of nitrogens with zero attached hydrogens (tertiary/aromatic N) is 3. The van der Waals surface area contributed by atoms with Gasteiger partial charge in [-0.15, -0.1) is 0 Å². The van der Waals surface area contributed by atoms with Crippen LogP contribution < -0.4 is 10.1 Å². The molecule has 0 aliphatic carbocycles. The van der Waals surface area contributed by atoms with Crippen molar-refractivity contribution < 1.29 is 9.13 Å². The lowest BCUT2D eigenvalue weighted by Crippen LogP contribution is -2.23. The van der Waals surface area contributed by atoms with E-state index in [0.717, 1.165) is 30.8 Å². The number of halogens is 1. The van der Waals surface area contributed by atoms with E-state index in [2.05, 4.69) is 33.2 Å². The first-order chi connectivity index (χ1) is 13.5. The van der Waals surface area contributed by atoms with Gasteiger partial charge in [-0.2, -0.15) is 5.10 Å². The lowest BCUT2D eigenvalue weighted by molar-refractivity contribution is 0.445. The number of allylic oxidation sites excluding steroid dienone is 1. The summed E-state index contributed by atoms with van der Waals surface area (Å²) in [6, 6.07) is 7.74. The zero-order chi connectivity index (χ0) is 19.7. The van der Waals surface area contributed by atoms with Gasteiger partial charge < -0.3 is 15.0 Å². The first kappa shape index (κ1) is 18.2. The molecular weight excluding hydrogens is 357 g/mol. The normalized spacial score (nSPS) is 14.0. The van der Waals surface area contributed by atoms with Gasteiger partial charge in [0.25, 0.3) is 0 Å². The Kier molecular flexibility index (Phi) is 4.83. The zero-order valence-electron chi connectivity index (χ0n) is 15.9. The van der Waals surface area contributed by atoms with Crippen molar-refractivity contribution in [1.29, 1.82) is 0 Å². The van der Waals surface area contributed by atoms with E-state index < -0.39 is 5.82 Å². The number of rotatable bonds is 5. The van der Waals surface area contributed by atoms with Crippen molar-refractivity contribution in [3.63, 3.8) is 0 Å². The van der Waals surface area contributed by atoms with Crippen LogP contribution in [0.25, 0.3) is 16.6 Å². The molecule has 0 radical (unpaired) electrons. The van der Waals surface area contributed by atoms with E-state index >= 15 is 0 Å². The van der Waals surface area contributed by atoms with Crippen LogP contribution in [0.5, 0.6) is 11.5 Å². The summed E-state index contributed by atoms with van der Waals surface area (Å²) in [7, 11) is 1.79. The summed E-state index contributed by atoms with van der Waals surface area (Å²) >= 11 is 0. The van der Waals surface area contributed by atoms with Crippen LogP contribution in [0, 0.1) is 5.82 Å². The Morgan fingerprint density at radius 3 is 3.04 bits per heavy atom. The summed E-state index contributed by atoms with van der Waals surface area (Å²) in [6.45, 7) is 7.19. The Morgan fingerprint density at radius 1 is 1.36 bits per heavy atom. The molecule has 1 aromatic carbocycles. The lowest BCUT2D eigenvalue weighted by Gasteiger charge is -2.18. The molecule has 0 amide bonds. The molecular formula is C21H22FN5O. The predicted molar refractivity (Wildman–Crippen MR) is 109 cm³/mol. The highest BCUT2D eigenvalue weighted by atomic mass is 19.1.